The summed E-state index contributed by atoms with van der Waals surface area (Å²) in [6, 6.07) is 2.00. The minimum atomic E-state index is -0.475. The van der Waals surface area contributed by atoms with Crippen molar-refractivity contribution < 1.29 is 9.53 Å². The van der Waals surface area contributed by atoms with Gasteiger partial charge in [-0.2, -0.15) is 0 Å². The number of amides is 1. The molecule has 0 bridgehead atoms. The predicted octanol–water partition coefficient (Wildman–Crippen LogP) is 4.14. The number of carbonyl (C=O) groups is 1. The second-order valence-corrected chi connectivity index (χ2v) is 8.17. The van der Waals surface area contributed by atoms with Crippen LogP contribution in [0.3, 0.4) is 0 Å². The highest BCUT2D eigenvalue weighted by Crippen LogP contribution is 2.28. The Morgan fingerprint density at radius 1 is 1.42 bits per heavy atom. The third kappa shape index (κ3) is 3.71. The van der Waals surface area contributed by atoms with Crippen LogP contribution in [0.2, 0.25) is 0 Å². The van der Waals surface area contributed by atoms with Crippen LogP contribution in [-0.4, -0.2) is 44.6 Å². The smallest absolute Gasteiger partial charge is 0.410 e. The van der Waals surface area contributed by atoms with Crippen molar-refractivity contribution in [1.82, 2.24) is 19.9 Å². The number of fused-ring (bicyclic) bond motifs is 1. The number of hydrogen-bond donors (Lipinski definition) is 1. The van der Waals surface area contributed by atoms with Crippen LogP contribution in [0.4, 0.5) is 4.79 Å². The summed E-state index contributed by atoms with van der Waals surface area (Å²) in [5.41, 5.74) is 2.08. The number of halogens is 1. The van der Waals surface area contributed by atoms with Gasteiger partial charge in [0, 0.05) is 23.5 Å². The quantitative estimate of drug-likeness (QED) is 0.788. The van der Waals surface area contributed by atoms with E-state index in [-0.39, 0.29) is 12.0 Å². The number of rotatable bonds is 1. The summed E-state index contributed by atoms with van der Waals surface area (Å²) in [6.45, 7) is 8.96. The summed E-state index contributed by atoms with van der Waals surface area (Å²) >= 11 is 3.50. The molecule has 0 saturated carbocycles. The van der Waals surface area contributed by atoms with Gasteiger partial charge in [0.05, 0.1) is 11.2 Å². The van der Waals surface area contributed by atoms with Crippen LogP contribution in [-0.2, 0) is 4.74 Å². The second-order valence-electron chi connectivity index (χ2n) is 7.31. The van der Waals surface area contributed by atoms with Crippen LogP contribution < -0.4 is 0 Å². The van der Waals surface area contributed by atoms with Crippen LogP contribution >= 0.6 is 15.9 Å². The number of aromatic amines is 1. The summed E-state index contributed by atoms with van der Waals surface area (Å²) in [7, 11) is 0. The summed E-state index contributed by atoms with van der Waals surface area (Å²) in [5, 5.41) is 0. The first-order chi connectivity index (χ1) is 11.2. The van der Waals surface area contributed by atoms with Crippen LogP contribution in [0.5, 0.6) is 0 Å². The number of carbonyl (C=O) groups excluding carboxylic acids is 1. The first-order valence-electron chi connectivity index (χ1n) is 8.23. The Balaban J connectivity index is 1.78. The topological polar surface area (TPSA) is 71.1 Å². The summed E-state index contributed by atoms with van der Waals surface area (Å²) in [5.74, 6) is 1.07. The molecule has 6 nitrogen and oxygen atoms in total. The van der Waals surface area contributed by atoms with E-state index in [2.05, 4.69) is 30.9 Å². The van der Waals surface area contributed by atoms with E-state index in [0.29, 0.717) is 6.54 Å². The van der Waals surface area contributed by atoms with Gasteiger partial charge in [0.2, 0.25) is 0 Å². The molecule has 3 heterocycles. The third-order valence-electron chi connectivity index (χ3n) is 4.08. The fourth-order valence-electron chi connectivity index (χ4n) is 2.91. The van der Waals surface area contributed by atoms with Crippen LogP contribution in [0.25, 0.3) is 11.2 Å². The molecule has 24 heavy (non-hydrogen) atoms. The standard InChI is InChI=1S/C17H23BrN4O2/c1-10-12(18)8-13-15(19-10)21-14(20-13)11-6-5-7-22(9-11)16(23)24-17(2,3)4/h8,11H,5-7,9H2,1-4H3,(H,19,20,21)/t11-/m0/s1. The zero-order valence-electron chi connectivity index (χ0n) is 14.5. The molecule has 1 fully saturated rings. The number of imidazole rings is 1. The molecule has 1 N–H and O–H groups in total. The lowest BCUT2D eigenvalue weighted by Crippen LogP contribution is -2.42. The molecule has 2 aromatic rings. The monoisotopic (exact) mass is 394 g/mol. The molecule has 1 aliphatic rings. The largest absolute Gasteiger partial charge is 0.444 e. The van der Waals surface area contributed by atoms with Crippen molar-refractivity contribution in [2.75, 3.05) is 13.1 Å². The minimum Gasteiger partial charge on any atom is -0.444 e. The summed E-state index contributed by atoms with van der Waals surface area (Å²) < 4.78 is 6.45. The van der Waals surface area contributed by atoms with Crippen molar-refractivity contribution in [2.24, 2.45) is 0 Å². The van der Waals surface area contributed by atoms with Crippen LogP contribution in [0, 0.1) is 6.92 Å². The minimum absolute atomic E-state index is 0.180. The molecule has 0 spiro atoms. The van der Waals surface area contributed by atoms with Crippen molar-refractivity contribution >= 4 is 33.2 Å². The van der Waals surface area contributed by atoms with Gasteiger partial charge >= 0.3 is 6.09 Å². The number of likely N-dealkylation sites (tertiary alicyclic amines) is 1. The Bertz CT molecular complexity index is 727. The maximum absolute atomic E-state index is 12.3. The number of nitrogens with zero attached hydrogens (tertiary/aromatic N) is 3. The molecule has 130 valence electrons. The SMILES string of the molecule is Cc1nc2nc([C@H]3CCCN(C(=O)OC(C)(C)C)C3)[nH]c2cc1Br. The number of H-pyrrole nitrogens is 1. The Morgan fingerprint density at radius 2 is 2.17 bits per heavy atom. The molecule has 0 radical (unpaired) electrons. The van der Waals surface area contributed by atoms with Gasteiger partial charge in [-0.25, -0.2) is 14.8 Å². The number of aromatic nitrogens is 3. The molecule has 0 aromatic carbocycles. The first-order valence-corrected chi connectivity index (χ1v) is 9.03. The van der Waals surface area contributed by atoms with E-state index in [1.165, 1.54) is 0 Å². The lowest BCUT2D eigenvalue weighted by Gasteiger charge is -2.33. The molecule has 2 aromatic heterocycles. The van der Waals surface area contributed by atoms with Gasteiger partial charge in [-0.05, 0) is 62.5 Å². The summed E-state index contributed by atoms with van der Waals surface area (Å²) in [6.07, 6.45) is 1.69. The average molecular weight is 395 g/mol. The second kappa shape index (κ2) is 6.35. The molecule has 1 aliphatic heterocycles. The van der Waals surface area contributed by atoms with E-state index < -0.39 is 5.60 Å². The van der Waals surface area contributed by atoms with E-state index in [0.717, 1.165) is 46.5 Å². The number of hydrogen-bond acceptors (Lipinski definition) is 4. The third-order valence-corrected chi connectivity index (χ3v) is 4.88. The van der Waals surface area contributed by atoms with E-state index >= 15 is 0 Å². The van der Waals surface area contributed by atoms with Crippen molar-refractivity contribution in [3.8, 4) is 0 Å². The highest BCUT2D eigenvalue weighted by Gasteiger charge is 2.29. The van der Waals surface area contributed by atoms with E-state index in [9.17, 15) is 4.79 Å². The van der Waals surface area contributed by atoms with Gasteiger partial charge in [0.15, 0.2) is 5.65 Å². The van der Waals surface area contributed by atoms with Crippen molar-refractivity contribution in [2.45, 2.75) is 52.1 Å². The maximum Gasteiger partial charge on any atom is 0.410 e. The zero-order chi connectivity index (χ0) is 17.5. The Hall–Kier alpha value is -1.63. The molecular formula is C17H23BrN4O2. The molecule has 7 heteroatoms. The van der Waals surface area contributed by atoms with E-state index in [1.807, 2.05) is 33.8 Å². The fraction of sp³-hybridized carbons (Fsp3) is 0.588. The number of piperidine rings is 1. The maximum atomic E-state index is 12.3. The number of ether oxygens (including phenoxy) is 1. The number of pyridine rings is 1. The van der Waals surface area contributed by atoms with Crippen molar-refractivity contribution in [3.63, 3.8) is 0 Å². The van der Waals surface area contributed by atoms with E-state index in [4.69, 9.17) is 4.74 Å². The van der Waals surface area contributed by atoms with Crippen LogP contribution in [0.15, 0.2) is 10.5 Å². The fourth-order valence-corrected chi connectivity index (χ4v) is 3.23. The lowest BCUT2D eigenvalue weighted by atomic mass is 9.98. The molecule has 1 saturated heterocycles. The van der Waals surface area contributed by atoms with Gasteiger partial charge in [-0.15, -0.1) is 0 Å². The molecule has 3 rings (SSSR count). The van der Waals surface area contributed by atoms with Gasteiger partial charge < -0.3 is 14.6 Å². The van der Waals surface area contributed by atoms with Crippen molar-refractivity contribution in [3.05, 3.63) is 22.1 Å². The molecule has 0 unspecified atom stereocenters. The van der Waals surface area contributed by atoms with E-state index in [1.54, 1.807) is 4.90 Å². The Labute approximate surface area is 150 Å². The zero-order valence-corrected chi connectivity index (χ0v) is 16.1. The average Bonchev–Trinajstić information content (AvgIpc) is 2.89. The highest BCUT2D eigenvalue weighted by molar-refractivity contribution is 9.10. The van der Waals surface area contributed by atoms with Crippen molar-refractivity contribution in [1.29, 1.82) is 0 Å². The normalized spacial score (nSPS) is 18.9. The van der Waals surface area contributed by atoms with Crippen LogP contribution in [0.1, 0.15) is 51.0 Å². The highest BCUT2D eigenvalue weighted by atomic mass is 79.9. The molecule has 1 atom stereocenters. The van der Waals surface area contributed by atoms with Gasteiger partial charge in [-0.3, -0.25) is 0 Å². The predicted molar refractivity (Wildman–Crippen MR) is 96.1 cm³/mol. The Kier molecular flexibility index (Phi) is 4.55. The molecule has 1 amide bonds. The van der Waals surface area contributed by atoms with Gasteiger partial charge in [-0.1, -0.05) is 0 Å². The lowest BCUT2D eigenvalue weighted by molar-refractivity contribution is 0.0196. The first kappa shape index (κ1) is 17.2. The molecule has 0 aliphatic carbocycles. The number of nitrogens with one attached hydrogen (secondary N) is 1. The van der Waals surface area contributed by atoms with Gasteiger partial charge in [0.25, 0.3) is 0 Å². The van der Waals surface area contributed by atoms with Gasteiger partial charge in [0.1, 0.15) is 11.4 Å². The molecular weight excluding hydrogens is 372 g/mol. The summed E-state index contributed by atoms with van der Waals surface area (Å²) in [4.78, 5) is 26.6. The number of aryl methyl sites for hydroxylation is 1. The Morgan fingerprint density at radius 3 is 2.88 bits per heavy atom.